The summed E-state index contributed by atoms with van der Waals surface area (Å²) >= 11 is 0. The van der Waals surface area contributed by atoms with Crippen LogP contribution in [0.1, 0.15) is 68.4 Å². The number of carbonyl (C=O) groups excluding carboxylic acids is 2. The van der Waals surface area contributed by atoms with E-state index in [1.54, 1.807) is 0 Å². The summed E-state index contributed by atoms with van der Waals surface area (Å²) in [5.74, 6) is -0.966. The minimum Gasteiger partial charge on any atom is -0.481 e. The van der Waals surface area contributed by atoms with Gasteiger partial charge in [0, 0.05) is 25.3 Å². The standard InChI is InChI=1S/C27H32N2O5/c30-24(28-16-8-5-13-25(31)32)17-27(14-6-7-15-27)29-26(33)34-18-23-21-11-3-1-9-19(21)20-10-2-4-12-22(20)23/h1-4,9-12,23H,5-8,13-18H2,(H,28,30)(H,29,33)(H,31,32). The third kappa shape index (κ3) is 5.58. The lowest BCUT2D eigenvalue weighted by Crippen LogP contribution is -2.49. The number of hydrogen-bond donors (Lipinski definition) is 3. The summed E-state index contributed by atoms with van der Waals surface area (Å²) in [7, 11) is 0. The lowest BCUT2D eigenvalue weighted by Gasteiger charge is -2.29. The number of unbranched alkanes of at least 4 members (excludes halogenated alkanes) is 1. The van der Waals surface area contributed by atoms with Crippen molar-refractivity contribution < 1.29 is 24.2 Å². The Kier molecular flexibility index (Phi) is 7.50. The zero-order valence-corrected chi connectivity index (χ0v) is 19.3. The average molecular weight is 465 g/mol. The van der Waals surface area contributed by atoms with Gasteiger partial charge < -0.3 is 20.5 Å². The molecule has 0 saturated heterocycles. The van der Waals surface area contributed by atoms with Gasteiger partial charge in [0.05, 0.1) is 5.54 Å². The number of benzene rings is 2. The van der Waals surface area contributed by atoms with Crippen molar-refractivity contribution in [2.75, 3.05) is 13.2 Å². The number of carboxylic acid groups (broad SMARTS) is 1. The average Bonchev–Trinajstić information content (AvgIpc) is 3.39. The van der Waals surface area contributed by atoms with Crippen LogP contribution in [0.15, 0.2) is 48.5 Å². The first-order chi connectivity index (χ1) is 16.5. The second-order valence-corrected chi connectivity index (χ2v) is 9.32. The predicted octanol–water partition coefficient (Wildman–Crippen LogP) is 4.60. The summed E-state index contributed by atoms with van der Waals surface area (Å²) in [6, 6.07) is 16.4. The van der Waals surface area contributed by atoms with Crippen LogP contribution in [0.3, 0.4) is 0 Å². The molecular formula is C27H32N2O5. The third-order valence-corrected chi connectivity index (χ3v) is 6.91. The van der Waals surface area contributed by atoms with E-state index in [1.165, 1.54) is 11.1 Å². The van der Waals surface area contributed by atoms with E-state index in [0.717, 1.165) is 36.8 Å². The monoisotopic (exact) mass is 464 g/mol. The van der Waals surface area contributed by atoms with E-state index in [-0.39, 0.29) is 31.3 Å². The fourth-order valence-corrected chi connectivity index (χ4v) is 5.25. The SMILES string of the molecule is O=C(O)CCCCNC(=O)CC1(NC(=O)OCC2c3ccccc3-c3ccccc32)CCCC1. The Morgan fingerprint density at radius 2 is 1.56 bits per heavy atom. The molecule has 180 valence electrons. The molecule has 4 rings (SSSR count). The van der Waals surface area contributed by atoms with Crippen LogP contribution in [0.25, 0.3) is 11.1 Å². The first kappa shape index (κ1) is 23.8. The first-order valence-corrected chi connectivity index (χ1v) is 12.1. The summed E-state index contributed by atoms with van der Waals surface area (Å²) < 4.78 is 5.71. The highest BCUT2D eigenvalue weighted by Gasteiger charge is 2.38. The van der Waals surface area contributed by atoms with Crippen molar-refractivity contribution in [1.82, 2.24) is 10.6 Å². The van der Waals surface area contributed by atoms with Gasteiger partial charge in [0.2, 0.25) is 5.91 Å². The molecule has 0 heterocycles. The van der Waals surface area contributed by atoms with Crippen LogP contribution in [0.5, 0.6) is 0 Å². The van der Waals surface area contributed by atoms with E-state index in [1.807, 2.05) is 24.3 Å². The molecule has 2 amide bonds. The lowest BCUT2D eigenvalue weighted by molar-refractivity contribution is -0.137. The van der Waals surface area contributed by atoms with Gasteiger partial charge in [-0.05, 0) is 47.9 Å². The van der Waals surface area contributed by atoms with Crippen LogP contribution >= 0.6 is 0 Å². The molecule has 34 heavy (non-hydrogen) atoms. The predicted molar refractivity (Wildman–Crippen MR) is 129 cm³/mol. The quantitative estimate of drug-likeness (QED) is 0.446. The van der Waals surface area contributed by atoms with Crippen molar-refractivity contribution >= 4 is 18.0 Å². The van der Waals surface area contributed by atoms with Gasteiger partial charge in [-0.3, -0.25) is 9.59 Å². The first-order valence-electron chi connectivity index (χ1n) is 12.1. The normalized spacial score (nSPS) is 15.9. The van der Waals surface area contributed by atoms with Gasteiger partial charge in [-0.1, -0.05) is 61.4 Å². The van der Waals surface area contributed by atoms with Crippen molar-refractivity contribution in [3.8, 4) is 11.1 Å². The minimum atomic E-state index is -0.830. The molecular weight excluding hydrogens is 432 g/mol. The van der Waals surface area contributed by atoms with E-state index in [2.05, 4.69) is 34.9 Å². The number of aliphatic carboxylic acids is 1. The van der Waals surface area contributed by atoms with Crippen LogP contribution in [0.4, 0.5) is 4.79 Å². The number of rotatable bonds is 10. The van der Waals surface area contributed by atoms with Gasteiger partial charge in [-0.25, -0.2) is 4.79 Å². The highest BCUT2D eigenvalue weighted by Crippen LogP contribution is 2.44. The molecule has 0 aliphatic heterocycles. The summed E-state index contributed by atoms with van der Waals surface area (Å²) in [6.07, 6.45) is 4.35. The minimum absolute atomic E-state index is 0.00761. The molecule has 0 spiro atoms. The molecule has 2 aromatic carbocycles. The van der Waals surface area contributed by atoms with Crippen LogP contribution in [0.2, 0.25) is 0 Å². The number of alkyl carbamates (subject to hydrolysis) is 1. The van der Waals surface area contributed by atoms with Crippen LogP contribution in [-0.4, -0.2) is 41.8 Å². The maximum Gasteiger partial charge on any atom is 0.407 e. The van der Waals surface area contributed by atoms with E-state index >= 15 is 0 Å². The molecule has 0 radical (unpaired) electrons. The Hall–Kier alpha value is -3.35. The number of nitrogens with one attached hydrogen (secondary N) is 2. The van der Waals surface area contributed by atoms with Crippen LogP contribution in [-0.2, 0) is 14.3 Å². The van der Waals surface area contributed by atoms with Gasteiger partial charge in [0.1, 0.15) is 6.61 Å². The molecule has 7 heteroatoms. The number of carboxylic acids is 1. The molecule has 0 atom stereocenters. The fraction of sp³-hybridized carbons (Fsp3) is 0.444. The maximum absolute atomic E-state index is 12.8. The second kappa shape index (κ2) is 10.7. The summed E-state index contributed by atoms with van der Waals surface area (Å²) in [5.41, 5.74) is 4.09. The van der Waals surface area contributed by atoms with Crippen LogP contribution in [0, 0.1) is 0 Å². The second-order valence-electron chi connectivity index (χ2n) is 9.32. The Labute approximate surface area is 199 Å². The Morgan fingerprint density at radius 3 is 2.18 bits per heavy atom. The van der Waals surface area contributed by atoms with Crippen molar-refractivity contribution in [2.45, 2.75) is 62.8 Å². The van der Waals surface area contributed by atoms with Crippen molar-refractivity contribution in [2.24, 2.45) is 0 Å². The van der Waals surface area contributed by atoms with Gasteiger partial charge in [0.15, 0.2) is 0 Å². The Balaban J connectivity index is 1.31. The molecule has 0 aromatic heterocycles. The topological polar surface area (TPSA) is 105 Å². The number of hydrogen-bond acceptors (Lipinski definition) is 4. The number of carbonyl (C=O) groups is 3. The van der Waals surface area contributed by atoms with Gasteiger partial charge >= 0.3 is 12.1 Å². The van der Waals surface area contributed by atoms with Gasteiger partial charge in [-0.15, -0.1) is 0 Å². The highest BCUT2D eigenvalue weighted by molar-refractivity contribution is 5.80. The lowest BCUT2D eigenvalue weighted by atomic mass is 9.93. The zero-order valence-electron chi connectivity index (χ0n) is 19.3. The third-order valence-electron chi connectivity index (χ3n) is 6.91. The van der Waals surface area contributed by atoms with E-state index in [0.29, 0.717) is 19.4 Å². The van der Waals surface area contributed by atoms with E-state index < -0.39 is 17.6 Å². The van der Waals surface area contributed by atoms with Crippen LogP contribution < -0.4 is 10.6 Å². The number of ether oxygens (including phenoxy) is 1. The molecule has 0 bridgehead atoms. The molecule has 3 N–H and O–H groups in total. The maximum atomic E-state index is 12.8. The van der Waals surface area contributed by atoms with Crippen molar-refractivity contribution in [3.63, 3.8) is 0 Å². The summed E-state index contributed by atoms with van der Waals surface area (Å²) in [6.45, 7) is 0.679. The largest absolute Gasteiger partial charge is 0.481 e. The molecule has 2 aromatic rings. The number of fused-ring (bicyclic) bond motifs is 3. The Morgan fingerprint density at radius 1 is 0.941 bits per heavy atom. The van der Waals surface area contributed by atoms with E-state index in [4.69, 9.17) is 9.84 Å². The Bertz CT molecular complexity index is 999. The van der Waals surface area contributed by atoms with Crippen molar-refractivity contribution in [3.05, 3.63) is 59.7 Å². The molecule has 1 fully saturated rings. The smallest absolute Gasteiger partial charge is 0.407 e. The van der Waals surface area contributed by atoms with Gasteiger partial charge in [0.25, 0.3) is 0 Å². The summed E-state index contributed by atoms with van der Waals surface area (Å²) in [4.78, 5) is 35.9. The van der Waals surface area contributed by atoms with E-state index in [9.17, 15) is 14.4 Å². The molecule has 2 aliphatic rings. The molecule has 7 nitrogen and oxygen atoms in total. The molecule has 0 unspecified atom stereocenters. The van der Waals surface area contributed by atoms with Crippen molar-refractivity contribution in [1.29, 1.82) is 0 Å². The van der Waals surface area contributed by atoms with Gasteiger partial charge in [-0.2, -0.15) is 0 Å². The fourth-order valence-electron chi connectivity index (χ4n) is 5.25. The molecule has 1 saturated carbocycles. The highest BCUT2D eigenvalue weighted by atomic mass is 16.5. The molecule has 2 aliphatic carbocycles. The zero-order chi connectivity index (χ0) is 24.0. The number of amides is 2. The summed E-state index contributed by atoms with van der Waals surface area (Å²) in [5, 5.41) is 14.6.